The molecule has 1 aromatic heterocycles. The van der Waals surface area contributed by atoms with Gasteiger partial charge in [0, 0.05) is 39.2 Å². The van der Waals surface area contributed by atoms with Gasteiger partial charge < -0.3 is 23.9 Å². The van der Waals surface area contributed by atoms with Crippen molar-refractivity contribution in [1.82, 2.24) is 0 Å². The van der Waals surface area contributed by atoms with E-state index in [-0.39, 0.29) is 19.3 Å². The molecule has 8 rings (SSSR count). The van der Waals surface area contributed by atoms with Gasteiger partial charge in [-0.1, -0.05) is 48.5 Å². The van der Waals surface area contributed by atoms with Gasteiger partial charge in [0.2, 0.25) is 12.7 Å². The SMILES string of the molecule is O=C1Nc2cccc(-c3cccc4c3oc3ccccc34)c2C12COc1cc3c(cc12)OCO3. The van der Waals surface area contributed by atoms with Crippen LogP contribution in [0.15, 0.2) is 77.2 Å². The van der Waals surface area contributed by atoms with Gasteiger partial charge in [-0.2, -0.15) is 0 Å². The number of anilines is 1. The van der Waals surface area contributed by atoms with E-state index in [1.54, 1.807) is 0 Å². The van der Waals surface area contributed by atoms with Crippen molar-refractivity contribution in [3.8, 4) is 28.4 Å². The number of carbonyl (C=O) groups is 1. The Hall–Kier alpha value is -4.45. The van der Waals surface area contributed by atoms with Crippen molar-refractivity contribution in [3.05, 3.63) is 83.9 Å². The fourth-order valence-corrected chi connectivity index (χ4v) is 5.68. The first-order valence-electron chi connectivity index (χ1n) is 11.2. The Kier molecular flexibility index (Phi) is 3.24. The van der Waals surface area contributed by atoms with Gasteiger partial charge in [-0.25, -0.2) is 0 Å². The zero-order valence-electron chi connectivity index (χ0n) is 17.9. The molecule has 1 amide bonds. The molecule has 6 nitrogen and oxygen atoms in total. The molecule has 0 saturated carbocycles. The number of benzene rings is 4. The lowest BCUT2D eigenvalue weighted by molar-refractivity contribution is -0.119. The van der Waals surface area contributed by atoms with Crippen LogP contribution in [0.25, 0.3) is 33.1 Å². The van der Waals surface area contributed by atoms with E-state index < -0.39 is 5.41 Å². The average Bonchev–Trinajstić information content (AvgIpc) is 3.62. The third-order valence-electron chi connectivity index (χ3n) is 7.20. The minimum atomic E-state index is -0.990. The molecule has 34 heavy (non-hydrogen) atoms. The molecular formula is C28H17NO5. The smallest absolute Gasteiger partial charge is 0.243 e. The van der Waals surface area contributed by atoms with E-state index in [1.807, 2.05) is 60.7 Å². The summed E-state index contributed by atoms with van der Waals surface area (Å²) in [5.74, 6) is 1.80. The van der Waals surface area contributed by atoms with Crippen molar-refractivity contribution in [2.75, 3.05) is 18.7 Å². The Morgan fingerprint density at radius 3 is 2.50 bits per heavy atom. The Balaban J connectivity index is 1.43. The van der Waals surface area contributed by atoms with E-state index in [0.717, 1.165) is 49.9 Å². The summed E-state index contributed by atoms with van der Waals surface area (Å²) in [6.45, 7) is 0.366. The van der Waals surface area contributed by atoms with E-state index in [4.69, 9.17) is 18.6 Å². The van der Waals surface area contributed by atoms with Gasteiger partial charge in [0.15, 0.2) is 11.5 Å². The van der Waals surface area contributed by atoms with Crippen LogP contribution < -0.4 is 19.5 Å². The Labute approximate surface area is 193 Å². The summed E-state index contributed by atoms with van der Waals surface area (Å²) in [4.78, 5) is 13.6. The number of hydrogen-bond donors (Lipinski definition) is 1. The summed E-state index contributed by atoms with van der Waals surface area (Å²) >= 11 is 0. The minimum absolute atomic E-state index is 0.107. The van der Waals surface area contributed by atoms with Crippen LogP contribution in [-0.2, 0) is 10.2 Å². The molecule has 164 valence electrons. The van der Waals surface area contributed by atoms with Crippen molar-refractivity contribution >= 4 is 33.5 Å². The molecule has 3 aliphatic heterocycles. The summed E-state index contributed by atoms with van der Waals surface area (Å²) in [6, 6.07) is 23.8. The molecule has 0 aliphatic carbocycles. The highest BCUT2D eigenvalue weighted by Gasteiger charge is 2.55. The predicted molar refractivity (Wildman–Crippen MR) is 127 cm³/mol. The van der Waals surface area contributed by atoms with Crippen molar-refractivity contribution < 1.29 is 23.4 Å². The largest absolute Gasteiger partial charge is 0.491 e. The molecule has 1 unspecified atom stereocenters. The standard InChI is InChI=1S/C28H17NO5/c30-27-28(13-31-22-12-24-23(11-19(22)28)32-14-33-24)25-16(6-4-9-20(25)29-27)18-8-3-7-17-15-5-1-2-10-21(15)34-26(17)18/h1-12H,13-14H2,(H,29,30). The number of fused-ring (bicyclic) bond motifs is 8. The van der Waals surface area contributed by atoms with E-state index in [1.165, 1.54) is 0 Å². The minimum Gasteiger partial charge on any atom is -0.491 e. The first-order valence-corrected chi connectivity index (χ1v) is 11.2. The van der Waals surface area contributed by atoms with Crippen molar-refractivity contribution in [3.63, 3.8) is 0 Å². The third kappa shape index (κ3) is 2.08. The van der Waals surface area contributed by atoms with Crippen LogP contribution in [0.1, 0.15) is 11.1 Å². The summed E-state index contributed by atoms with van der Waals surface area (Å²) in [6.07, 6.45) is 0. The zero-order chi connectivity index (χ0) is 22.4. The van der Waals surface area contributed by atoms with Gasteiger partial charge in [-0.3, -0.25) is 4.79 Å². The molecule has 0 radical (unpaired) electrons. The van der Waals surface area contributed by atoms with Gasteiger partial charge >= 0.3 is 0 Å². The van der Waals surface area contributed by atoms with Crippen molar-refractivity contribution in [2.45, 2.75) is 5.41 Å². The van der Waals surface area contributed by atoms with Crippen LogP contribution in [0, 0.1) is 0 Å². The summed E-state index contributed by atoms with van der Waals surface area (Å²) in [7, 11) is 0. The molecular weight excluding hydrogens is 430 g/mol. The monoisotopic (exact) mass is 447 g/mol. The Morgan fingerprint density at radius 1 is 0.765 bits per heavy atom. The van der Waals surface area contributed by atoms with Crippen LogP contribution in [0.3, 0.4) is 0 Å². The van der Waals surface area contributed by atoms with E-state index in [0.29, 0.717) is 17.2 Å². The Morgan fingerprint density at radius 2 is 1.56 bits per heavy atom. The number of rotatable bonds is 1. The summed E-state index contributed by atoms with van der Waals surface area (Å²) in [5.41, 5.74) is 4.99. The first-order chi connectivity index (χ1) is 16.7. The summed E-state index contributed by atoms with van der Waals surface area (Å²) < 4.78 is 23.6. The highest BCUT2D eigenvalue weighted by atomic mass is 16.7. The molecule has 1 atom stereocenters. The number of carbonyl (C=O) groups excluding carboxylic acids is 1. The quantitative estimate of drug-likeness (QED) is 0.362. The molecule has 3 aliphatic rings. The van der Waals surface area contributed by atoms with Crippen LogP contribution in [0.5, 0.6) is 17.2 Å². The number of para-hydroxylation sites is 2. The van der Waals surface area contributed by atoms with Crippen molar-refractivity contribution in [1.29, 1.82) is 0 Å². The van der Waals surface area contributed by atoms with Crippen LogP contribution in [0.4, 0.5) is 5.69 Å². The normalized spacial score (nSPS) is 19.5. The van der Waals surface area contributed by atoms with Gasteiger partial charge in [-0.15, -0.1) is 0 Å². The van der Waals surface area contributed by atoms with E-state index in [2.05, 4.69) is 17.4 Å². The first kappa shape index (κ1) is 18.0. The molecule has 0 saturated heterocycles. The third-order valence-corrected chi connectivity index (χ3v) is 7.20. The van der Waals surface area contributed by atoms with Crippen LogP contribution in [0.2, 0.25) is 0 Å². The number of furan rings is 1. The second kappa shape index (κ2) is 6.11. The lowest BCUT2D eigenvalue weighted by Crippen LogP contribution is -2.37. The number of amides is 1. The van der Waals surface area contributed by atoms with E-state index in [9.17, 15) is 4.79 Å². The lowest BCUT2D eigenvalue weighted by atomic mass is 9.74. The lowest BCUT2D eigenvalue weighted by Gasteiger charge is -2.23. The van der Waals surface area contributed by atoms with Crippen molar-refractivity contribution in [2.24, 2.45) is 0 Å². The molecule has 4 heterocycles. The van der Waals surface area contributed by atoms with Crippen LogP contribution >= 0.6 is 0 Å². The molecule has 0 bridgehead atoms. The predicted octanol–water partition coefficient (Wildman–Crippen LogP) is 5.61. The molecule has 5 aromatic rings. The van der Waals surface area contributed by atoms with Gasteiger partial charge in [0.25, 0.3) is 0 Å². The maximum Gasteiger partial charge on any atom is 0.243 e. The number of ether oxygens (including phenoxy) is 3. The van der Waals surface area contributed by atoms with Gasteiger partial charge in [0.05, 0.1) is 0 Å². The molecule has 0 fully saturated rings. The second-order valence-corrected chi connectivity index (χ2v) is 8.86. The molecule has 1 spiro atoms. The fraction of sp³-hybridized carbons (Fsp3) is 0.107. The molecule has 4 aromatic carbocycles. The highest BCUT2D eigenvalue weighted by Crippen LogP contribution is 2.56. The van der Waals surface area contributed by atoms with Gasteiger partial charge in [0.1, 0.15) is 28.9 Å². The topological polar surface area (TPSA) is 69.9 Å². The molecule has 6 heteroatoms. The fourth-order valence-electron chi connectivity index (χ4n) is 5.68. The maximum atomic E-state index is 13.6. The number of nitrogens with one attached hydrogen (secondary N) is 1. The number of hydrogen-bond acceptors (Lipinski definition) is 5. The maximum absolute atomic E-state index is 13.6. The summed E-state index contributed by atoms with van der Waals surface area (Å²) in [5, 5.41) is 5.21. The Bertz CT molecular complexity index is 1700. The molecule has 1 N–H and O–H groups in total. The highest BCUT2D eigenvalue weighted by molar-refractivity contribution is 6.15. The van der Waals surface area contributed by atoms with Crippen LogP contribution in [-0.4, -0.2) is 19.3 Å². The van der Waals surface area contributed by atoms with E-state index >= 15 is 0 Å². The zero-order valence-corrected chi connectivity index (χ0v) is 17.9. The van der Waals surface area contributed by atoms with Gasteiger partial charge in [-0.05, 0) is 23.8 Å². The average molecular weight is 447 g/mol. The second-order valence-electron chi connectivity index (χ2n) is 8.86.